The summed E-state index contributed by atoms with van der Waals surface area (Å²) in [6, 6.07) is 6.90. The number of nitrogens with zero attached hydrogens (tertiary/aromatic N) is 3. The molecule has 0 unspecified atom stereocenters. The normalized spacial score (nSPS) is 13.4. The third-order valence-corrected chi connectivity index (χ3v) is 7.73. The van der Waals surface area contributed by atoms with Crippen LogP contribution in [0.4, 0.5) is 15.8 Å². The minimum Gasteiger partial charge on any atom is -0.351 e. The van der Waals surface area contributed by atoms with Crippen LogP contribution in [-0.2, 0) is 11.4 Å². The number of aryl methyl sites for hydroxylation is 1. The Morgan fingerprint density at radius 1 is 1.18 bits per heavy atom. The fourth-order valence-corrected chi connectivity index (χ4v) is 5.41. The molecule has 3 aromatic rings. The van der Waals surface area contributed by atoms with E-state index in [-0.39, 0.29) is 16.8 Å². The average Bonchev–Trinajstić information content (AvgIpc) is 3.64. The molecule has 2 aromatic carbocycles. The first-order chi connectivity index (χ1) is 18.9. The second-order valence-electron chi connectivity index (χ2n) is 10.3. The molecule has 1 fully saturated rings. The topological polar surface area (TPSA) is 71.4 Å². The van der Waals surface area contributed by atoms with Gasteiger partial charge in [-0.3, -0.25) is 9.63 Å². The lowest BCUT2D eigenvalue weighted by Gasteiger charge is -2.20. The summed E-state index contributed by atoms with van der Waals surface area (Å²) in [4.78, 5) is 25.5. The van der Waals surface area contributed by atoms with Crippen LogP contribution in [0.2, 0.25) is 5.02 Å². The molecule has 1 aliphatic rings. The summed E-state index contributed by atoms with van der Waals surface area (Å²) in [6.45, 7) is 8.94. The number of amides is 1. The largest absolute Gasteiger partial charge is 0.351 e. The number of anilines is 2. The van der Waals surface area contributed by atoms with Gasteiger partial charge >= 0.3 is 0 Å². The van der Waals surface area contributed by atoms with Crippen LogP contribution < -0.4 is 10.8 Å². The van der Waals surface area contributed by atoms with Gasteiger partial charge in [-0.2, -0.15) is 0 Å². The van der Waals surface area contributed by atoms with Gasteiger partial charge in [-0.15, -0.1) is 0 Å². The number of hydrogen-bond acceptors (Lipinski definition) is 5. The molecule has 2 N–H and O–H groups in total. The van der Waals surface area contributed by atoms with Crippen LogP contribution in [-0.4, -0.2) is 46.6 Å². The number of hydrogen-bond donors (Lipinski definition) is 2. The van der Waals surface area contributed by atoms with Crippen LogP contribution in [0.25, 0.3) is 11.0 Å². The maximum absolute atomic E-state index is 15.9. The summed E-state index contributed by atoms with van der Waals surface area (Å²) < 4.78 is 18.6. The summed E-state index contributed by atoms with van der Waals surface area (Å²) in [7, 11) is 0. The van der Waals surface area contributed by atoms with Gasteiger partial charge in [0.25, 0.3) is 5.91 Å². The van der Waals surface area contributed by atoms with Crippen LogP contribution in [0.3, 0.4) is 0 Å². The zero-order valence-corrected chi connectivity index (χ0v) is 25.1. The van der Waals surface area contributed by atoms with Crippen molar-refractivity contribution in [3.8, 4) is 0 Å². The van der Waals surface area contributed by atoms with Crippen LogP contribution in [0.15, 0.2) is 35.1 Å². The summed E-state index contributed by atoms with van der Waals surface area (Å²) in [5.74, 6) is -0.652. The van der Waals surface area contributed by atoms with Crippen molar-refractivity contribution in [1.82, 2.24) is 19.9 Å². The molecular weight excluding hydrogens is 585 g/mol. The van der Waals surface area contributed by atoms with E-state index in [4.69, 9.17) is 16.4 Å². The molecule has 0 aliphatic heterocycles. The number of rotatable bonds is 16. The zero-order valence-electron chi connectivity index (χ0n) is 22.7. The first kappa shape index (κ1) is 29.8. The fourth-order valence-electron chi connectivity index (χ4n) is 4.69. The van der Waals surface area contributed by atoms with Gasteiger partial charge in [0.1, 0.15) is 5.52 Å². The molecule has 0 atom stereocenters. The summed E-state index contributed by atoms with van der Waals surface area (Å²) >= 11 is 9.77. The van der Waals surface area contributed by atoms with Crippen LogP contribution in [0.1, 0.15) is 69.2 Å². The SMILES string of the molecule is CCCN(CCC)CCCCCn1cnc2c(F)c(Nc3ccc(Br)cc3Cl)c(C(=O)NOCC3CC3)cc21. The number of hydroxylamine groups is 1. The molecular formula is C29H38BrClFN5O2. The zero-order chi connectivity index (χ0) is 27.8. The Balaban J connectivity index is 1.52. The molecule has 10 heteroatoms. The summed E-state index contributed by atoms with van der Waals surface area (Å²) in [6.07, 6.45) is 9.30. The predicted octanol–water partition coefficient (Wildman–Crippen LogP) is 7.70. The molecule has 39 heavy (non-hydrogen) atoms. The van der Waals surface area contributed by atoms with Crippen LogP contribution >= 0.6 is 27.5 Å². The molecule has 0 radical (unpaired) electrons. The smallest absolute Gasteiger partial charge is 0.277 e. The standard InChI is InChI=1S/C29H38BrClFN5O2/c1-3-12-36(13-4-2)14-6-5-7-15-37-19-33-28-25(37)17-22(29(38)35-39-18-20-8-9-20)27(26(28)32)34-24-11-10-21(30)16-23(24)31/h10-11,16-17,19-20,34H,3-9,12-15,18H2,1-2H3,(H,35,38). The van der Waals surface area contributed by atoms with Crippen LogP contribution in [0.5, 0.6) is 0 Å². The van der Waals surface area contributed by atoms with E-state index >= 15 is 4.39 Å². The van der Waals surface area contributed by atoms with Crippen molar-refractivity contribution in [1.29, 1.82) is 0 Å². The molecule has 0 spiro atoms. The molecule has 1 aromatic heterocycles. The van der Waals surface area contributed by atoms with Crippen molar-refractivity contribution in [3.63, 3.8) is 0 Å². The third kappa shape index (κ3) is 8.16. The van der Waals surface area contributed by atoms with E-state index in [0.717, 1.165) is 56.2 Å². The van der Waals surface area contributed by atoms with E-state index in [0.29, 0.717) is 35.3 Å². The number of benzene rings is 2. The third-order valence-electron chi connectivity index (χ3n) is 6.93. The van der Waals surface area contributed by atoms with Gasteiger partial charge in [-0.05, 0) is 88.3 Å². The van der Waals surface area contributed by atoms with E-state index in [1.807, 2.05) is 4.57 Å². The number of nitrogens with one attached hydrogen (secondary N) is 2. The molecule has 0 saturated heterocycles. The number of fused-ring (bicyclic) bond motifs is 1. The molecule has 1 aliphatic carbocycles. The molecule has 1 heterocycles. The Bertz CT molecular complexity index is 1260. The van der Waals surface area contributed by atoms with Crippen molar-refractivity contribution >= 4 is 55.8 Å². The highest BCUT2D eigenvalue weighted by Crippen LogP contribution is 2.35. The van der Waals surface area contributed by atoms with Crippen LogP contribution in [0, 0.1) is 11.7 Å². The second kappa shape index (κ2) is 14.4. The lowest BCUT2D eigenvalue weighted by Crippen LogP contribution is -2.26. The van der Waals surface area contributed by atoms with E-state index in [2.05, 4.69) is 50.5 Å². The highest BCUT2D eigenvalue weighted by molar-refractivity contribution is 9.10. The van der Waals surface area contributed by atoms with Gasteiger partial charge in [-0.25, -0.2) is 14.9 Å². The van der Waals surface area contributed by atoms with E-state index in [1.165, 1.54) is 12.8 Å². The molecule has 7 nitrogen and oxygen atoms in total. The number of halogens is 3. The maximum atomic E-state index is 15.9. The number of imidazole rings is 1. The van der Waals surface area contributed by atoms with Crippen molar-refractivity contribution in [3.05, 3.63) is 51.5 Å². The molecule has 0 bridgehead atoms. The van der Waals surface area contributed by atoms with Gasteiger partial charge < -0.3 is 14.8 Å². The summed E-state index contributed by atoms with van der Waals surface area (Å²) in [5.41, 5.74) is 3.89. The molecule has 1 saturated carbocycles. The van der Waals surface area contributed by atoms with Crippen molar-refractivity contribution in [2.45, 2.75) is 65.3 Å². The highest BCUT2D eigenvalue weighted by atomic mass is 79.9. The number of carbonyl (C=O) groups excluding carboxylic acids is 1. The van der Waals surface area contributed by atoms with Gasteiger partial charge in [0.15, 0.2) is 5.82 Å². The Hall–Kier alpha value is -2.20. The van der Waals surface area contributed by atoms with Crippen molar-refractivity contribution < 1.29 is 14.0 Å². The van der Waals surface area contributed by atoms with Crippen molar-refractivity contribution in [2.24, 2.45) is 5.92 Å². The average molecular weight is 623 g/mol. The lowest BCUT2D eigenvalue weighted by molar-refractivity contribution is 0.0271. The van der Waals surface area contributed by atoms with Gasteiger partial charge in [0, 0.05) is 11.0 Å². The van der Waals surface area contributed by atoms with E-state index < -0.39 is 11.7 Å². The second-order valence-corrected chi connectivity index (χ2v) is 11.6. The quantitative estimate of drug-likeness (QED) is 0.127. The Morgan fingerprint density at radius 2 is 1.95 bits per heavy atom. The maximum Gasteiger partial charge on any atom is 0.277 e. The number of aromatic nitrogens is 2. The van der Waals surface area contributed by atoms with Gasteiger partial charge in [-0.1, -0.05) is 47.8 Å². The first-order valence-electron chi connectivity index (χ1n) is 13.9. The minimum atomic E-state index is -0.604. The lowest BCUT2D eigenvalue weighted by atomic mass is 10.1. The predicted molar refractivity (Wildman–Crippen MR) is 159 cm³/mol. The minimum absolute atomic E-state index is 0.0106. The molecule has 1 amide bonds. The molecule has 4 rings (SSSR count). The Kier molecular flexibility index (Phi) is 11.0. The summed E-state index contributed by atoms with van der Waals surface area (Å²) in [5, 5.41) is 3.41. The monoisotopic (exact) mass is 621 g/mol. The Labute approximate surface area is 243 Å². The van der Waals surface area contributed by atoms with Gasteiger partial charge in [0.05, 0.1) is 40.4 Å². The fraction of sp³-hybridized carbons (Fsp3) is 0.517. The number of carbonyl (C=O) groups is 1. The van der Waals surface area contributed by atoms with E-state index in [1.54, 1.807) is 30.6 Å². The van der Waals surface area contributed by atoms with Gasteiger partial charge in [0.2, 0.25) is 0 Å². The van der Waals surface area contributed by atoms with E-state index in [9.17, 15) is 4.79 Å². The van der Waals surface area contributed by atoms with Crippen molar-refractivity contribution in [2.75, 3.05) is 31.6 Å². The molecule has 212 valence electrons. The highest BCUT2D eigenvalue weighted by Gasteiger charge is 2.25. The number of unbranched alkanes of at least 4 members (excludes halogenated alkanes) is 2. The Morgan fingerprint density at radius 3 is 2.64 bits per heavy atom. The first-order valence-corrected chi connectivity index (χ1v) is 15.1.